The molecule has 1 N–H and O–H groups in total. The third-order valence-corrected chi connectivity index (χ3v) is 4.01. The molecule has 7 heteroatoms. The van der Waals surface area contributed by atoms with Crippen molar-refractivity contribution in [2.75, 3.05) is 18.9 Å². The van der Waals surface area contributed by atoms with Crippen LogP contribution in [0.4, 0.5) is 0 Å². The molecule has 1 aromatic rings. The topological polar surface area (TPSA) is 71.2 Å². The Kier molecular flexibility index (Phi) is 4.81. The first-order chi connectivity index (χ1) is 9.13. The van der Waals surface area contributed by atoms with Crippen LogP contribution in [0.5, 0.6) is 0 Å². The van der Waals surface area contributed by atoms with Crippen LogP contribution in [0.15, 0.2) is 11.5 Å². The summed E-state index contributed by atoms with van der Waals surface area (Å²) in [5.41, 5.74) is 0. The van der Waals surface area contributed by atoms with E-state index in [4.69, 9.17) is 5.11 Å². The SMILES string of the molecule is CC(C)n1cnnc1SCC(=O)N(CCO)C1CC1. The van der Waals surface area contributed by atoms with E-state index in [1.165, 1.54) is 11.8 Å². The molecule has 0 atom stereocenters. The highest BCUT2D eigenvalue weighted by atomic mass is 32.2. The summed E-state index contributed by atoms with van der Waals surface area (Å²) >= 11 is 1.41. The molecule has 0 unspecified atom stereocenters. The molecule has 1 saturated carbocycles. The van der Waals surface area contributed by atoms with Gasteiger partial charge in [0.1, 0.15) is 6.33 Å². The molecule has 1 amide bonds. The molecule has 0 saturated heterocycles. The third-order valence-electron chi connectivity index (χ3n) is 3.07. The van der Waals surface area contributed by atoms with Crippen LogP contribution >= 0.6 is 11.8 Å². The Labute approximate surface area is 117 Å². The molecule has 2 rings (SSSR count). The van der Waals surface area contributed by atoms with E-state index in [1.54, 1.807) is 11.2 Å². The number of amides is 1. The van der Waals surface area contributed by atoms with Crippen molar-refractivity contribution >= 4 is 17.7 Å². The van der Waals surface area contributed by atoms with Crippen molar-refractivity contribution in [1.29, 1.82) is 0 Å². The van der Waals surface area contributed by atoms with Crippen molar-refractivity contribution in [3.63, 3.8) is 0 Å². The van der Waals surface area contributed by atoms with Gasteiger partial charge in [-0.2, -0.15) is 0 Å². The lowest BCUT2D eigenvalue weighted by Gasteiger charge is -2.21. The van der Waals surface area contributed by atoms with Gasteiger partial charge in [0.05, 0.1) is 12.4 Å². The van der Waals surface area contributed by atoms with Crippen LogP contribution in [0.3, 0.4) is 0 Å². The number of aliphatic hydroxyl groups excluding tert-OH is 1. The molecular weight excluding hydrogens is 264 g/mol. The highest BCUT2D eigenvalue weighted by Crippen LogP contribution is 2.28. The maximum atomic E-state index is 12.1. The highest BCUT2D eigenvalue weighted by Gasteiger charge is 2.32. The van der Waals surface area contributed by atoms with E-state index >= 15 is 0 Å². The maximum Gasteiger partial charge on any atom is 0.233 e. The van der Waals surface area contributed by atoms with Crippen LogP contribution in [0.2, 0.25) is 0 Å². The first-order valence-corrected chi connectivity index (χ1v) is 7.54. The number of nitrogens with zero attached hydrogens (tertiary/aromatic N) is 4. The van der Waals surface area contributed by atoms with Crippen molar-refractivity contribution in [3.05, 3.63) is 6.33 Å². The Bertz CT molecular complexity index is 431. The third kappa shape index (κ3) is 3.70. The van der Waals surface area contributed by atoms with Crippen LogP contribution in [0, 0.1) is 0 Å². The molecule has 0 spiro atoms. The zero-order valence-corrected chi connectivity index (χ0v) is 12.1. The highest BCUT2D eigenvalue weighted by molar-refractivity contribution is 7.99. The lowest BCUT2D eigenvalue weighted by atomic mass is 10.4. The van der Waals surface area contributed by atoms with Crippen molar-refractivity contribution in [3.8, 4) is 0 Å². The minimum Gasteiger partial charge on any atom is -0.395 e. The fourth-order valence-corrected chi connectivity index (χ4v) is 2.83. The minimum atomic E-state index is 0.0229. The molecule has 0 aromatic carbocycles. The summed E-state index contributed by atoms with van der Waals surface area (Å²) in [4.78, 5) is 13.9. The number of aliphatic hydroxyl groups is 1. The number of rotatable bonds is 7. The standard InChI is InChI=1S/C12H20N4O2S/c1-9(2)16-8-13-14-12(16)19-7-11(18)15(5-6-17)10-3-4-10/h8-10,17H,3-7H2,1-2H3. The zero-order chi connectivity index (χ0) is 13.8. The largest absolute Gasteiger partial charge is 0.395 e. The lowest BCUT2D eigenvalue weighted by molar-refractivity contribution is -0.129. The molecular formula is C12H20N4O2S. The van der Waals surface area contributed by atoms with Crippen molar-refractivity contribution in [1.82, 2.24) is 19.7 Å². The number of aromatic nitrogens is 3. The van der Waals surface area contributed by atoms with Crippen LogP contribution in [-0.2, 0) is 4.79 Å². The van der Waals surface area contributed by atoms with E-state index in [1.807, 2.05) is 4.57 Å². The second-order valence-corrected chi connectivity index (χ2v) is 5.89. The molecule has 0 radical (unpaired) electrons. The van der Waals surface area contributed by atoms with E-state index in [-0.39, 0.29) is 18.6 Å². The Hall–Kier alpha value is -1.08. The molecule has 1 heterocycles. The van der Waals surface area contributed by atoms with E-state index in [2.05, 4.69) is 24.0 Å². The van der Waals surface area contributed by atoms with Crippen LogP contribution in [0.25, 0.3) is 0 Å². The Balaban J connectivity index is 1.90. The van der Waals surface area contributed by atoms with E-state index < -0.39 is 0 Å². The van der Waals surface area contributed by atoms with Crippen LogP contribution < -0.4 is 0 Å². The molecule has 0 bridgehead atoms. The van der Waals surface area contributed by atoms with E-state index in [0.29, 0.717) is 18.3 Å². The number of carbonyl (C=O) groups excluding carboxylic acids is 1. The van der Waals surface area contributed by atoms with Gasteiger partial charge in [-0.25, -0.2) is 0 Å². The molecule has 0 aliphatic heterocycles. The van der Waals surface area contributed by atoms with Gasteiger partial charge in [-0.3, -0.25) is 4.79 Å². The van der Waals surface area contributed by atoms with Gasteiger partial charge in [-0.1, -0.05) is 11.8 Å². The summed E-state index contributed by atoms with van der Waals surface area (Å²) in [7, 11) is 0. The molecule has 1 fully saturated rings. The predicted octanol–water partition coefficient (Wildman–Crippen LogP) is 0.934. The summed E-state index contributed by atoms with van der Waals surface area (Å²) in [6.45, 7) is 4.56. The summed E-state index contributed by atoms with van der Waals surface area (Å²) < 4.78 is 1.95. The monoisotopic (exact) mass is 284 g/mol. The van der Waals surface area contributed by atoms with E-state index in [0.717, 1.165) is 18.0 Å². The van der Waals surface area contributed by atoms with Gasteiger partial charge in [-0.15, -0.1) is 10.2 Å². The van der Waals surface area contributed by atoms with Crippen molar-refractivity contribution < 1.29 is 9.90 Å². The maximum absolute atomic E-state index is 12.1. The minimum absolute atomic E-state index is 0.0229. The van der Waals surface area contributed by atoms with Gasteiger partial charge in [0.15, 0.2) is 5.16 Å². The van der Waals surface area contributed by atoms with Crippen LogP contribution in [-0.4, -0.2) is 55.6 Å². The Morgan fingerprint density at radius 3 is 2.95 bits per heavy atom. The van der Waals surface area contributed by atoms with Gasteiger partial charge < -0.3 is 14.6 Å². The molecule has 106 valence electrons. The number of hydrogen-bond acceptors (Lipinski definition) is 5. The smallest absolute Gasteiger partial charge is 0.233 e. The van der Waals surface area contributed by atoms with Crippen molar-refractivity contribution in [2.45, 2.75) is 43.9 Å². The number of thioether (sulfide) groups is 1. The molecule has 1 aromatic heterocycles. The molecule has 6 nitrogen and oxygen atoms in total. The van der Waals surface area contributed by atoms with Gasteiger partial charge >= 0.3 is 0 Å². The van der Waals surface area contributed by atoms with Crippen LogP contribution in [0.1, 0.15) is 32.7 Å². The van der Waals surface area contributed by atoms with Crippen molar-refractivity contribution in [2.24, 2.45) is 0 Å². The normalized spacial score (nSPS) is 14.9. The summed E-state index contributed by atoms with van der Waals surface area (Å²) in [6.07, 6.45) is 3.79. The molecule has 19 heavy (non-hydrogen) atoms. The summed E-state index contributed by atoms with van der Waals surface area (Å²) in [5, 5.41) is 17.7. The zero-order valence-electron chi connectivity index (χ0n) is 11.3. The first kappa shape index (κ1) is 14.3. The van der Waals surface area contributed by atoms with Gasteiger partial charge in [-0.05, 0) is 26.7 Å². The van der Waals surface area contributed by atoms with E-state index in [9.17, 15) is 4.79 Å². The van der Waals surface area contributed by atoms with Gasteiger partial charge in [0.25, 0.3) is 0 Å². The number of hydrogen-bond donors (Lipinski definition) is 1. The fourth-order valence-electron chi connectivity index (χ4n) is 1.90. The molecule has 1 aliphatic rings. The Morgan fingerprint density at radius 1 is 1.63 bits per heavy atom. The predicted molar refractivity (Wildman–Crippen MR) is 73.0 cm³/mol. The summed E-state index contributed by atoms with van der Waals surface area (Å²) in [5.74, 6) is 0.418. The lowest BCUT2D eigenvalue weighted by Crippen LogP contribution is -2.36. The average molecular weight is 284 g/mol. The second kappa shape index (κ2) is 6.38. The quantitative estimate of drug-likeness (QED) is 0.754. The fraction of sp³-hybridized carbons (Fsp3) is 0.750. The Morgan fingerprint density at radius 2 is 2.37 bits per heavy atom. The van der Waals surface area contributed by atoms with Gasteiger partial charge in [0, 0.05) is 18.6 Å². The second-order valence-electron chi connectivity index (χ2n) is 4.95. The van der Waals surface area contributed by atoms with Gasteiger partial charge in [0.2, 0.25) is 5.91 Å². The average Bonchev–Trinajstić information content (AvgIpc) is 3.10. The molecule has 1 aliphatic carbocycles. The number of carbonyl (C=O) groups is 1. The first-order valence-electron chi connectivity index (χ1n) is 6.56. The summed E-state index contributed by atoms with van der Waals surface area (Å²) in [6, 6.07) is 0.618.